The molecule has 0 unspecified atom stereocenters. The lowest BCUT2D eigenvalue weighted by atomic mass is 10.2. The Morgan fingerprint density at radius 2 is 1.71 bits per heavy atom. The van der Waals surface area contributed by atoms with Crippen molar-refractivity contribution in [1.82, 2.24) is 0 Å². The minimum Gasteiger partial charge on any atom is -0.462 e. The van der Waals surface area contributed by atoms with Crippen LogP contribution in [0.1, 0.15) is 34.6 Å². The molecule has 7 heteroatoms. The summed E-state index contributed by atoms with van der Waals surface area (Å²) in [5, 5.41) is 0. The highest BCUT2D eigenvalue weighted by Gasteiger charge is 2.16. The molecule has 0 aliphatic heterocycles. The number of ketones is 1. The zero-order valence-electron chi connectivity index (χ0n) is 13.3. The van der Waals surface area contributed by atoms with Crippen LogP contribution in [0, 0.1) is 0 Å². The molecule has 6 nitrogen and oxygen atoms in total. The number of anilines is 1. The summed E-state index contributed by atoms with van der Waals surface area (Å²) in [6.45, 7) is 3.33. The Balaban J connectivity index is 2.24. The molecule has 0 aliphatic rings. The zero-order chi connectivity index (χ0) is 17.7. The van der Waals surface area contributed by atoms with Gasteiger partial charge in [0.2, 0.25) is 0 Å². The maximum atomic E-state index is 12.4. The Morgan fingerprint density at radius 3 is 2.29 bits per heavy atom. The lowest BCUT2D eigenvalue weighted by molar-refractivity contribution is 0.0526. The second-order valence-electron chi connectivity index (χ2n) is 4.99. The van der Waals surface area contributed by atoms with E-state index in [-0.39, 0.29) is 28.5 Å². The monoisotopic (exact) mass is 347 g/mol. The Morgan fingerprint density at radius 1 is 1.04 bits per heavy atom. The SMILES string of the molecule is CCOC(=O)c1cccc(NS(=O)(=O)c2ccc(C(C)=O)cc2)c1. The van der Waals surface area contributed by atoms with E-state index in [1.807, 2.05) is 0 Å². The first-order valence-corrected chi connectivity index (χ1v) is 8.73. The summed E-state index contributed by atoms with van der Waals surface area (Å²) in [5.74, 6) is -0.668. The highest BCUT2D eigenvalue weighted by Crippen LogP contribution is 2.18. The molecule has 0 atom stereocenters. The van der Waals surface area contributed by atoms with E-state index in [1.54, 1.807) is 13.0 Å². The van der Waals surface area contributed by atoms with Crippen LogP contribution >= 0.6 is 0 Å². The Hall–Kier alpha value is -2.67. The van der Waals surface area contributed by atoms with E-state index in [4.69, 9.17) is 4.74 Å². The van der Waals surface area contributed by atoms with Crippen molar-refractivity contribution in [2.75, 3.05) is 11.3 Å². The van der Waals surface area contributed by atoms with E-state index >= 15 is 0 Å². The highest BCUT2D eigenvalue weighted by molar-refractivity contribution is 7.92. The fourth-order valence-corrected chi connectivity index (χ4v) is 3.06. The second kappa shape index (κ2) is 7.27. The lowest BCUT2D eigenvalue weighted by Crippen LogP contribution is -2.14. The summed E-state index contributed by atoms with van der Waals surface area (Å²) in [6.07, 6.45) is 0. The topological polar surface area (TPSA) is 89.5 Å². The van der Waals surface area contributed by atoms with Gasteiger partial charge in [0.1, 0.15) is 0 Å². The molecule has 0 amide bonds. The van der Waals surface area contributed by atoms with Crippen molar-refractivity contribution in [2.24, 2.45) is 0 Å². The number of Topliss-reactive ketones (excluding diaryl/α,β-unsaturated/α-hetero) is 1. The van der Waals surface area contributed by atoms with E-state index in [0.717, 1.165) is 0 Å². The maximum Gasteiger partial charge on any atom is 0.338 e. The second-order valence-corrected chi connectivity index (χ2v) is 6.67. The molecule has 0 spiro atoms. The number of rotatable bonds is 6. The quantitative estimate of drug-likeness (QED) is 0.641. The van der Waals surface area contributed by atoms with Crippen LogP contribution in [0.2, 0.25) is 0 Å². The third kappa shape index (κ3) is 4.20. The van der Waals surface area contributed by atoms with Crippen molar-refractivity contribution in [2.45, 2.75) is 18.7 Å². The van der Waals surface area contributed by atoms with Crippen molar-refractivity contribution in [1.29, 1.82) is 0 Å². The molecule has 0 aliphatic carbocycles. The molecule has 0 saturated carbocycles. The number of carbonyl (C=O) groups excluding carboxylic acids is 2. The van der Waals surface area contributed by atoms with Gasteiger partial charge in [-0.25, -0.2) is 13.2 Å². The fourth-order valence-electron chi connectivity index (χ4n) is 2.01. The fraction of sp³-hybridized carbons (Fsp3) is 0.176. The van der Waals surface area contributed by atoms with Gasteiger partial charge in [0.05, 0.1) is 17.1 Å². The first kappa shape index (κ1) is 17.7. The molecule has 0 aromatic heterocycles. The average molecular weight is 347 g/mol. The molecule has 0 fully saturated rings. The van der Waals surface area contributed by atoms with E-state index in [9.17, 15) is 18.0 Å². The van der Waals surface area contributed by atoms with Crippen LogP contribution in [0.4, 0.5) is 5.69 Å². The molecular weight excluding hydrogens is 330 g/mol. The van der Waals surface area contributed by atoms with Gasteiger partial charge in [-0.15, -0.1) is 0 Å². The van der Waals surface area contributed by atoms with Gasteiger partial charge < -0.3 is 4.74 Å². The van der Waals surface area contributed by atoms with Crippen LogP contribution in [0.15, 0.2) is 53.4 Å². The molecule has 0 heterocycles. The van der Waals surface area contributed by atoms with E-state index in [0.29, 0.717) is 5.56 Å². The van der Waals surface area contributed by atoms with Gasteiger partial charge in [-0.3, -0.25) is 9.52 Å². The number of hydrogen-bond acceptors (Lipinski definition) is 5. The summed E-state index contributed by atoms with van der Waals surface area (Å²) < 4.78 is 32.0. The Labute approximate surface area is 140 Å². The molecule has 24 heavy (non-hydrogen) atoms. The van der Waals surface area contributed by atoms with Crippen LogP contribution in [0.25, 0.3) is 0 Å². The standard InChI is InChI=1S/C17H17NO5S/c1-3-23-17(20)14-5-4-6-15(11-14)18-24(21,22)16-9-7-13(8-10-16)12(2)19/h4-11,18H,3H2,1-2H3. The third-order valence-corrected chi connectivity index (χ3v) is 4.59. The summed E-state index contributed by atoms with van der Waals surface area (Å²) in [5.41, 5.74) is 0.929. The number of benzene rings is 2. The van der Waals surface area contributed by atoms with Gasteiger partial charge >= 0.3 is 5.97 Å². The van der Waals surface area contributed by atoms with Gasteiger partial charge in [-0.05, 0) is 44.2 Å². The number of nitrogens with one attached hydrogen (secondary N) is 1. The predicted molar refractivity (Wildman–Crippen MR) is 89.7 cm³/mol. The van der Waals surface area contributed by atoms with Crippen molar-refractivity contribution in [3.8, 4) is 0 Å². The summed E-state index contributed by atoms with van der Waals surface area (Å²) >= 11 is 0. The summed E-state index contributed by atoms with van der Waals surface area (Å²) in [6, 6.07) is 11.6. The number of esters is 1. The molecule has 126 valence electrons. The van der Waals surface area contributed by atoms with Crippen LogP contribution < -0.4 is 4.72 Å². The van der Waals surface area contributed by atoms with Gasteiger partial charge in [0.15, 0.2) is 5.78 Å². The maximum absolute atomic E-state index is 12.4. The lowest BCUT2D eigenvalue weighted by Gasteiger charge is -2.09. The number of carbonyl (C=O) groups is 2. The Bertz CT molecular complexity index is 857. The van der Waals surface area contributed by atoms with Gasteiger partial charge in [-0.2, -0.15) is 0 Å². The minimum atomic E-state index is -3.82. The van der Waals surface area contributed by atoms with Gasteiger partial charge in [-0.1, -0.05) is 18.2 Å². The zero-order valence-corrected chi connectivity index (χ0v) is 14.1. The number of ether oxygens (including phenoxy) is 1. The van der Waals surface area contributed by atoms with Crippen molar-refractivity contribution in [3.63, 3.8) is 0 Å². The summed E-state index contributed by atoms with van der Waals surface area (Å²) in [7, 11) is -3.82. The minimum absolute atomic E-state index is 0.0223. The van der Waals surface area contributed by atoms with Crippen LogP contribution in [-0.2, 0) is 14.8 Å². The molecule has 2 aromatic rings. The highest BCUT2D eigenvalue weighted by atomic mass is 32.2. The van der Waals surface area contributed by atoms with Crippen molar-refractivity contribution in [3.05, 3.63) is 59.7 Å². The smallest absolute Gasteiger partial charge is 0.338 e. The Kier molecular flexibility index (Phi) is 5.35. The van der Waals surface area contributed by atoms with Crippen molar-refractivity contribution < 1.29 is 22.7 Å². The van der Waals surface area contributed by atoms with Crippen LogP contribution in [-0.4, -0.2) is 26.8 Å². The van der Waals surface area contributed by atoms with Gasteiger partial charge in [0.25, 0.3) is 10.0 Å². The van der Waals surface area contributed by atoms with E-state index in [1.165, 1.54) is 49.4 Å². The molecule has 2 rings (SSSR count). The molecule has 0 radical (unpaired) electrons. The van der Waals surface area contributed by atoms with Crippen molar-refractivity contribution >= 4 is 27.5 Å². The van der Waals surface area contributed by atoms with Gasteiger partial charge in [0, 0.05) is 11.3 Å². The largest absolute Gasteiger partial charge is 0.462 e. The molecular formula is C17H17NO5S. The first-order valence-electron chi connectivity index (χ1n) is 7.24. The molecule has 2 aromatic carbocycles. The van der Waals surface area contributed by atoms with Crippen LogP contribution in [0.5, 0.6) is 0 Å². The normalized spacial score (nSPS) is 10.9. The van der Waals surface area contributed by atoms with E-state index in [2.05, 4.69) is 4.72 Å². The first-order chi connectivity index (χ1) is 11.3. The van der Waals surface area contributed by atoms with E-state index < -0.39 is 16.0 Å². The molecule has 0 bridgehead atoms. The molecule has 1 N–H and O–H groups in total. The van der Waals surface area contributed by atoms with Crippen LogP contribution in [0.3, 0.4) is 0 Å². The molecule has 0 saturated heterocycles. The third-order valence-electron chi connectivity index (χ3n) is 3.20. The summed E-state index contributed by atoms with van der Waals surface area (Å²) in [4.78, 5) is 23.0. The number of sulfonamides is 1. The predicted octanol–water partition coefficient (Wildman–Crippen LogP) is 2.87. The number of hydrogen-bond donors (Lipinski definition) is 1. The average Bonchev–Trinajstić information content (AvgIpc) is 2.55.